The molecule has 2 aliphatic heterocycles. The molecular formula is C19H21N5O3S. The fraction of sp³-hybridized carbons (Fsp3) is 0.368. The van der Waals surface area contributed by atoms with E-state index in [9.17, 15) is 4.79 Å². The molecule has 0 spiro atoms. The number of benzene rings is 1. The Morgan fingerprint density at radius 2 is 2.14 bits per heavy atom. The highest BCUT2D eigenvalue weighted by molar-refractivity contribution is 7.14. The van der Waals surface area contributed by atoms with Crippen LogP contribution in [0.15, 0.2) is 24.4 Å². The lowest BCUT2D eigenvalue weighted by Crippen LogP contribution is -2.47. The minimum absolute atomic E-state index is 0.0410. The summed E-state index contributed by atoms with van der Waals surface area (Å²) in [5.74, 6) is 0.0410. The van der Waals surface area contributed by atoms with Crippen molar-refractivity contribution >= 4 is 34.6 Å². The van der Waals surface area contributed by atoms with Crippen molar-refractivity contribution in [1.29, 1.82) is 0 Å². The number of carbonyl (C=O) groups excluding carboxylic acids is 1. The number of H-pyrrole nitrogens is 1. The second-order valence-electron chi connectivity index (χ2n) is 7.15. The standard InChI is InChI=1S/C18H19N5OS.CH2O2/c1-10-7-19-17(25-10)11-3-4-15-14(5-11)16(21-20-15)18(24)23-9-12-6-13(23)8-22(12)2;2-1-3/h3-5,7,12-13H,6,8-9H2,1-2H3,(H,20,21);1H,(H,2,3)/t12-,13-;/m0./s1. The zero-order valence-corrected chi connectivity index (χ0v) is 16.4. The molecule has 1 aromatic carbocycles. The Labute approximate surface area is 165 Å². The molecule has 0 radical (unpaired) electrons. The zero-order chi connectivity index (χ0) is 19.8. The fourth-order valence-electron chi connectivity index (χ4n) is 4.05. The highest BCUT2D eigenvalue weighted by Crippen LogP contribution is 2.33. The molecule has 2 atom stereocenters. The van der Waals surface area contributed by atoms with Gasteiger partial charge in [0.1, 0.15) is 5.01 Å². The van der Waals surface area contributed by atoms with E-state index in [-0.39, 0.29) is 12.4 Å². The lowest BCUT2D eigenvalue weighted by molar-refractivity contribution is -0.122. The van der Waals surface area contributed by atoms with E-state index in [1.165, 1.54) is 4.88 Å². The normalized spacial score (nSPS) is 21.0. The topological polar surface area (TPSA) is 102 Å². The lowest BCUT2D eigenvalue weighted by atomic mass is 10.1. The number of carboxylic acid groups (broad SMARTS) is 1. The third kappa shape index (κ3) is 3.16. The molecule has 146 valence electrons. The zero-order valence-electron chi connectivity index (χ0n) is 15.6. The van der Waals surface area contributed by atoms with Gasteiger partial charge in [-0.2, -0.15) is 5.10 Å². The molecule has 2 saturated heterocycles. The van der Waals surface area contributed by atoms with Crippen molar-refractivity contribution in [1.82, 2.24) is 25.0 Å². The number of thiazole rings is 1. The molecule has 1 amide bonds. The van der Waals surface area contributed by atoms with Crippen LogP contribution in [0.5, 0.6) is 0 Å². The summed E-state index contributed by atoms with van der Waals surface area (Å²) in [5, 5.41) is 16.1. The maximum Gasteiger partial charge on any atom is 0.290 e. The smallest absolute Gasteiger partial charge is 0.290 e. The third-order valence-corrected chi connectivity index (χ3v) is 6.37. The van der Waals surface area contributed by atoms with Crippen LogP contribution in [0.4, 0.5) is 0 Å². The summed E-state index contributed by atoms with van der Waals surface area (Å²) in [7, 11) is 2.14. The Morgan fingerprint density at radius 1 is 1.36 bits per heavy atom. The van der Waals surface area contributed by atoms with Crippen LogP contribution in [0, 0.1) is 6.92 Å². The Hall–Kier alpha value is -2.78. The molecule has 4 heterocycles. The molecule has 2 N–H and O–H groups in total. The number of nitrogens with one attached hydrogen (secondary N) is 1. The Balaban J connectivity index is 0.000000604. The largest absolute Gasteiger partial charge is 0.483 e. The van der Waals surface area contributed by atoms with Gasteiger partial charge < -0.3 is 10.0 Å². The first-order valence-corrected chi connectivity index (χ1v) is 9.83. The van der Waals surface area contributed by atoms with Crippen LogP contribution < -0.4 is 0 Å². The predicted octanol–water partition coefficient (Wildman–Crippen LogP) is 2.22. The number of aromatic amines is 1. The summed E-state index contributed by atoms with van der Waals surface area (Å²) in [6.45, 7) is 3.56. The lowest BCUT2D eigenvalue weighted by Gasteiger charge is -2.31. The summed E-state index contributed by atoms with van der Waals surface area (Å²) >= 11 is 1.66. The molecule has 0 aliphatic carbocycles. The van der Waals surface area contributed by atoms with Crippen LogP contribution in [0.2, 0.25) is 0 Å². The number of aryl methyl sites for hydroxylation is 1. The van der Waals surface area contributed by atoms with Crippen molar-refractivity contribution < 1.29 is 14.7 Å². The Kier molecular flexibility index (Phi) is 4.86. The van der Waals surface area contributed by atoms with E-state index < -0.39 is 0 Å². The monoisotopic (exact) mass is 399 g/mol. The molecule has 28 heavy (non-hydrogen) atoms. The highest BCUT2D eigenvalue weighted by atomic mass is 32.1. The van der Waals surface area contributed by atoms with E-state index in [1.54, 1.807) is 11.3 Å². The number of carbonyl (C=O) groups is 2. The van der Waals surface area contributed by atoms with Gasteiger partial charge in [0, 0.05) is 47.2 Å². The fourth-order valence-corrected chi connectivity index (χ4v) is 4.81. The predicted molar refractivity (Wildman–Crippen MR) is 106 cm³/mol. The van der Waals surface area contributed by atoms with E-state index in [0.29, 0.717) is 17.8 Å². The summed E-state index contributed by atoms with van der Waals surface area (Å²) in [6, 6.07) is 6.85. The number of aromatic nitrogens is 3. The number of rotatable bonds is 2. The van der Waals surface area contributed by atoms with Crippen LogP contribution in [0.25, 0.3) is 21.5 Å². The van der Waals surface area contributed by atoms with Crippen molar-refractivity contribution in [3.05, 3.63) is 35.0 Å². The first-order chi connectivity index (χ1) is 13.5. The maximum absolute atomic E-state index is 13.1. The van der Waals surface area contributed by atoms with Gasteiger partial charge in [-0.1, -0.05) is 0 Å². The average Bonchev–Trinajstić information content (AvgIpc) is 3.44. The molecule has 2 aliphatic rings. The maximum atomic E-state index is 13.1. The van der Waals surface area contributed by atoms with Gasteiger partial charge in [0.25, 0.3) is 12.4 Å². The van der Waals surface area contributed by atoms with Gasteiger partial charge in [-0.25, -0.2) is 4.98 Å². The quantitative estimate of drug-likeness (QED) is 0.641. The van der Waals surface area contributed by atoms with Gasteiger partial charge in [0.2, 0.25) is 0 Å². The van der Waals surface area contributed by atoms with Gasteiger partial charge in [0.15, 0.2) is 5.69 Å². The molecule has 0 unspecified atom stereocenters. The van der Waals surface area contributed by atoms with Crippen molar-refractivity contribution in [3.8, 4) is 10.6 Å². The number of nitrogens with zero attached hydrogens (tertiary/aromatic N) is 4. The molecule has 3 aromatic rings. The highest BCUT2D eigenvalue weighted by Gasteiger charge is 2.44. The van der Waals surface area contributed by atoms with E-state index in [4.69, 9.17) is 9.90 Å². The molecule has 9 heteroatoms. The van der Waals surface area contributed by atoms with Crippen LogP contribution in [0.1, 0.15) is 21.8 Å². The minimum atomic E-state index is -0.250. The molecule has 2 aromatic heterocycles. The first kappa shape index (κ1) is 18.6. The Bertz CT molecular complexity index is 1030. The molecule has 5 rings (SSSR count). The number of amides is 1. The molecule has 8 nitrogen and oxygen atoms in total. The van der Waals surface area contributed by atoms with Crippen LogP contribution in [-0.2, 0) is 4.79 Å². The first-order valence-electron chi connectivity index (χ1n) is 9.01. The van der Waals surface area contributed by atoms with Crippen LogP contribution in [0.3, 0.4) is 0 Å². The number of likely N-dealkylation sites (N-methyl/N-ethyl adjacent to an activating group) is 1. The van der Waals surface area contributed by atoms with Crippen molar-refractivity contribution in [2.45, 2.75) is 25.4 Å². The average molecular weight is 399 g/mol. The number of fused-ring (bicyclic) bond motifs is 3. The van der Waals surface area contributed by atoms with E-state index in [0.717, 1.165) is 41.0 Å². The summed E-state index contributed by atoms with van der Waals surface area (Å²) in [4.78, 5) is 31.4. The third-order valence-electron chi connectivity index (χ3n) is 5.41. The molecule has 2 fully saturated rings. The number of hydrogen-bond donors (Lipinski definition) is 2. The number of piperazine rings is 1. The van der Waals surface area contributed by atoms with Crippen molar-refractivity contribution in [2.75, 3.05) is 20.1 Å². The van der Waals surface area contributed by atoms with Crippen molar-refractivity contribution in [3.63, 3.8) is 0 Å². The summed E-state index contributed by atoms with van der Waals surface area (Å²) in [6.07, 6.45) is 2.96. The van der Waals surface area contributed by atoms with Gasteiger partial charge in [-0.15, -0.1) is 11.3 Å². The number of likely N-dealkylation sites (tertiary alicyclic amines) is 2. The van der Waals surface area contributed by atoms with E-state index in [1.807, 2.05) is 36.2 Å². The second-order valence-corrected chi connectivity index (χ2v) is 8.39. The van der Waals surface area contributed by atoms with Gasteiger partial charge in [-0.3, -0.25) is 19.6 Å². The van der Waals surface area contributed by atoms with E-state index in [2.05, 4.69) is 27.1 Å². The van der Waals surface area contributed by atoms with Gasteiger partial charge >= 0.3 is 0 Å². The minimum Gasteiger partial charge on any atom is -0.483 e. The van der Waals surface area contributed by atoms with Crippen LogP contribution >= 0.6 is 11.3 Å². The van der Waals surface area contributed by atoms with Crippen LogP contribution in [-0.4, -0.2) is 74.7 Å². The molecular weight excluding hydrogens is 378 g/mol. The van der Waals surface area contributed by atoms with Gasteiger partial charge in [-0.05, 0) is 38.6 Å². The summed E-state index contributed by atoms with van der Waals surface area (Å²) in [5.41, 5.74) is 2.45. The van der Waals surface area contributed by atoms with E-state index >= 15 is 0 Å². The molecule has 0 saturated carbocycles. The van der Waals surface area contributed by atoms with Crippen molar-refractivity contribution in [2.24, 2.45) is 0 Å². The SMILES string of the molecule is Cc1cnc(-c2ccc3[nH]nc(C(=O)N4C[C@@H]5C[C@H]4CN5C)c3c2)s1.O=CO. The molecule has 2 bridgehead atoms. The second kappa shape index (κ2) is 7.33. The number of hydrogen-bond acceptors (Lipinski definition) is 6. The summed E-state index contributed by atoms with van der Waals surface area (Å²) < 4.78 is 0. The van der Waals surface area contributed by atoms with Gasteiger partial charge in [0.05, 0.1) is 5.52 Å². The Morgan fingerprint density at radius 3 is 2.75 bits per heavy atom.